The molecule has 0 spiro atoms. The van der Waals surface area contributed by atoms with Gasteiger partial charge in [0.25, 0.3) is 11.7 Å². The summed E-state index contributed by atoms with van der Waals surface area (Å²) in [6, 6.07) is 12.0. The van der Waals surface area contributed by atoms with Crippen molar-refractivity contribution in [1.82, 2.24) is 4.90 Å². The van der Waals surface area contributed by atoms with E-state index >= 15 is 0 Å². The van der Waals surface area contributed by atoms with Gasteiger partial charge in [-0.2, -0.15) is 0 Å². The smallest absolute Gasteiger partial charge is 0.295 e. The lowest BCUT2D eigenvalue weighted by Gasteiger charge is -2.25. The maximum absolute atomic E-state index is 13.2. The van der Waals surface area contributed by atoms with Gasteiger partial charge in [-0.3, -0.25) is 9.59 Å². The van der Waals surface area contributed by atoms with E-state index < -0.39 is 17.7 Å². The summed E-state index contributed by atoms with van der Waals surface area (Å²) < 4.78 is 11.5. The molecule has 1 aliphatic heterocycles. The van der Waals surface area contributed by atoms with Gasteiger partial charge in [0.1, 0.15) is 17.3 Å². The molecule has 34 heavy (non-hydrogen) atoms. The second kappa shape index (κ2) is 11.2. The van der Waals surface area contributed by atoms with Gasteiger partial charge >= 0.3 is 0 Å². The Morgan fingerprint density at radius 3 is 2.50 bits per heavy atom. The summed E-state index contributed by atoms with van der Waals surface area (Å²) in [5.41, 5.74) is 2.16. The minimum absolute atomic E-state index is 0.0178. The molecule has 1 saturated heterocycles. The van der Waals surface area contributed by atoms with Crippen LogP contribution >= 0.6 is 0 Å². The van der Waals surface area contributed by atoms with E-state index in [0.717, 1.165) is 30.4 Å². The van der Waals surface area contributed by atoms with Crippen molar-refractivity contribution in [3.63, 3.8) is 0 Å². The molecule has 6 nitrogen and oxygen atoms in total. The van der Waals surface area contributed by atoms with Crippen LogP contribution in [0.25, 0.3) is 5.76 Å². The van der Waals surface area contributed by atoms with Crippen LogP contribution in [0, 0.1) is 6.92 Å². The molecule has 0 saturated carbocycles. The molecule has 1 atom stereocenters. The highest BCUT2D eigenvalue weighted by atomic mass is 16.5. The van der Waals surface area contributed by atoms with Crippen molar-refractivity contribution in [3.8, 4) is 11.5 Å². The second-order valence-corrected chi connectivity index (χ2v) is 8.85. The number of benzene rings is 2. The molecule has 182 valence electrons. The number of Topliss-reactive ketones (excluding diaryl/α,β-unsaturated/α-hetero) is 1. The van der Waals surface area contributed by atoms with Gasteiger partial charge < -0.3 is 19.5 Å². The number of rotatable bonds is 10. The molecule has 0 aromatic heterocycles. The van der Waals surface area contributed by atoms with Gasteiger partial charge in [-0.15, -0.1) is 0 Å². The molecular formula is C28H35NO5. The van der Waals surface area contributed by atoms with E-state index in [2.05, 4.69) is 6.92 Å². The van der Waals surface area contributed by atoms with Gasteiger partial charge in [-0.25, -0.2) is 0 Å². The van der Waals surface area contributed by atoms with E-state index in [0.29, 0.717) is 30.2 Å². The van der Waals surface area contributed by atoms with Crippen molar-refractivity contribution in [2.75, 3.05) is 13.2 Å². The number of aryl methyl sites for hydroxylation is 1. The average Bonchev–Trinajstić information content (AvgIpc) is 3.05. The van der Waals surface area contributed by atoms with E-state index in [9.17, 15) is 14.7 Å². The maximum Gasteiger partial charge on any atom is 0.295 e. The Morgan fingerprint density at radius 2 is 1.85 bits per heavy atom. The number of amides is 1. The van der Waals surface area contributed by atoms with Crippen LogP contribution in [-0.2, 0) is 9.59 Å². The summed E-state index contributed by atoms with van der Waals surface area (Å²) in [4.78, 5) is 27.8. The van der Waals surface area contributed by atoms with Gasteiger partial charge in [-0.05, 0) is 75.6 Å². The Kier molecular flexibility index (Phi) is 8.37. The monoisotopic (exact) mass is 465 g/mol. The van der Waals surface area contributed by atoms with Crippen molar-refractivity contribution in [3.05, 3.63) is 64.7 Å². The predicted molar refractivity (Wildman–Crippen MR) is 133 cm³/mol. The lowest BCUT2D eigenvalue weighted by molar-refractivity contribution is -0.139. The number of likely N-dealkylation sites (tertiary alicyclic amines) is 1. The average molecular weight is 466 g/mol. The number of carbonyl (C=O) groups is 2. The van der Waals surface area contributed by atoms with E-state index in [-0.39, 0.29) is 17.4 Å². The Labute approximate surface area is 202 Å². The summed E-state index contributed by atoms with van der Waals surface area (Å²) >= 11 is 0. The minimum Gasteiger partial charge on any atom is -0.507 e. The van der Waals surface area contributed by atoms with E-state index in [1.54, 1.807) is 23.1 Å². The molecule has 2 aromatic carbocycles. The zero-order valence-corrected chi connectivity index (χ0v) is 20.8. The van der Waals surface area contributed by atoms with Crippen molar-refractivity contribution in [2.45, 2.75) is 66.0 Å². The fraction of sp³-hybridized carbons (Fsp3) is 0.429. The Balaban J connectivity index is 2.11. The largest absolute Gasteiger partial charge is 0.507 e. The number of hydrogen-bond donors (Lipinski definition) is 1. The molecule has 2 aromatic rings. The topological polar surface area (TPSA) is 76.1 Å². The molecule has 1 unspecified atom stereocenters. The lowest BCUT2D eigenvalue weighted by Crippen LogP contribution is -2.30. The Bertz CT molecular complexity index is 1070. The highest BCUT2D eigenvalue weighted by molar-refractivity contribution is 6.46. The second-order valence-electron chi connectivity index (χ2n) is 8.85. The van der Waals surface area contributed by atoms with Crippen molar-refractivity contribution in [1.29, 1.82) is 0 Å². The number of aliphatic hydroxyl groups excluding tert-OH is 1. The molecule has 0 bridgehead atoms. The van der Waals surface area contributed by atoms with E-state index in [1.807, 2.05) is 52.0 Å². The SMILES string of the molecule is CCCCCN1C(=O)C(=O)/C(=C(/O)c2ccc(OC(C)C)c(C)c2)C1c1cccc(OCC)c1. The molecule has 1 heterocycles. The molecule has 1 fully saturated rings. The molecule has 1 amide bonds. The fourth-order valence-electron chi connectivity index (χ4n) is 4.27. The standard InChI is InChI=1S/C28H35NO5/c1-6-8-9-15-29-25(20-11-10-12-22(17-20)33-7-2)24(27(31)28(29)32)26(30)21-13-14-23(19(5)16-21)34-18(3)4/h10-14,16-18,25,30H,6-9,15H2,1-5H3/b26-24+. The molecular weight excluding hydrogens is 430 g/mol. The minimum atomic E-state index is -0.677. The molecule has 0 radical (unpaired) electrons. The van der Waals surface area contributed by atoms with Gasteiger partial charge in [0.05, 0.1) is 24.3 Å². The van der Waals surface area contributed by atoms with Crippen LogP contribution in [0.2, 0.25) is 0 Å². The van der Waals surface area contributed by atoms with E-state index in [1.165, 1.54) is 0 Å². The first-order valence-corrected chi connectivity index (χ1v) is 12.1. The third-order valence-corrected chi connectivity index (χ3v) is 5.84. The number of unbranched alkanes of at least 4 members (excludes halogenated alkanes) is 2. The zero-order valence-electron chi connectivity index (χ0n) is 20.8. The summed E-state index contributed by atoms with van der Waals surface area (Å²) in [6.45, 7) is 10.7. The van der Waals surface area contributed by atoms with Crippen LogP contribution in [0.1, 0.15) is 69.7 Å². The normalized spacial score (nSPS) is 17.5. The predicted octanol–water partition coefficient (Wildman–Crippen LogP) is 5.79. The highest BCUT2D eigenvalue weighted by Crippen LogP contribution is 2.41. The molecule has 1 aliphatic rings. The first-order valence-electron chi connectivity index (χ1n) is 12.1. The third kappa shape index (κ3) is 5.44. The number of ketones is 1. The zero-order chi connectivity index (χ0) is 24.8. The van der Waals surface area contributed by atoms with Crippen molar-refractivity contribution < 1.29 is 24.2 Å². The van der Waals surface area contributed by atoms with E-state index in [4.69, 9.17) is 9.47 Å². The van der Waals surface area contributed by atoms with Crippen LogP contribution in [0.3, 0.4) is 0 Å². The Hall–Kier alpha value is -3.28. The number of nitrogens with zero attached hydrogens (tertiary/aromatic N) is 1. The quantitative estimate of drug-likeness (QED) is 0.208. The van der Waals surface area contributed by atoms with Gasteiger partial charge in [0.2, 0.25) is 0 Å². The molecule has 3 rings (SSSR count). The summed E-state index contributed by atoms with van der Waals surface area (Å²) in [5, 5.41) is 11.3. The first kappa shape index (κ1) is 25.3. The maximum atomic E-state index is 13.2. The summed E-state index contributed by atoms with van der Waals surface area (Å²) in [6.07, 6.45) is 2.75. The van der Waals surface area contributed by atoms with Crippen LogP contribution in [0.4, 0.5) is 0 Å². The number of carbonyl (C=O) groups excluding carboxylic acids is 2. The number of ether oxygens (including phenoxy) is 2. The molecule has 1 N–H and O–H groups in total. The number of aliphatic hydroxyl groups is 1. The highest BCUT2D eigenvalue weighted by Gasteiger charge is 2.45. The lowest BCUT2D eigenvalue weighted by atomic mass is 9.94. The summed E-state index contributed by atoms with van der Waals surface area (Å²) in [5.74, 6) is -0.0537. The van der Waals surface area contributed by atoms with Gasteiger partial charge in [0, 0.05) is 12.1 Å². The van der Waals surface area contributed by atoms with Crippen LogP contribution in [-0.4, -0.2) is 41.0 Å². The van der Waals surface area contributed by atoms with Gasteiger partial charge in [-0.1, -0.05) is 31.9 Å². The molecule has 0 aliphatic carbocycles. The van der Waals surface area contributed by atoms with Crippen LogP contribution in [0.15, 0.2) is 48.0 Å². The van der Waals surface area contributed by atoms with Crippen molar-refractivity contribution in [2.24, 2.45) is 0 Å². The third-order valence-electron chi connectivity index (χ3n) is 5.84. The van der Waals surface area contributed by atoms with Crippen LogP contribution < -0.4 is 9.47 Å². The van der Waals surface area contributed by atoms with Crippen LogP contribution in [0.5, 0.6) is 11.5 Å². The van der Waals surface area contributed by atoms with Gasteiger partial charge in [0.15, 0.2) is 0 Å². The summed E-state index contributed by atoms with van der Waals surface area (Å²) in [7, 11) is 0. The Morgan fingerprint density at radius 1 is 1.09 bits per heavy atom. The van der Waals surface area contributed by atoms with Crippen molar-refractivity contribution >= 4 is 17.4 Å². The fourth-order valence-corrected chi connectivity index (χ4v) is 4.27. The first-order chi connectivity index (χ1) is 16.3. The molecule has 6 heteroatoms. The number of hydrogen-bond acceptors (Lipinski definition) is 5.